The molecule has 0 N–H and O–H groups in total. The maximum absolute atomic E-state index is 12.0. The lowest BCUT2D eigenvalue weighted by Gasteiger charge is -2.02. The van der Waals surface area contributed by atoms with E-state index in [1.807, 2.05) is 55.5 Å². The maximum Gasteiger partial charge on any atom is 0.163 e. The molecule has 0 unspecified atom stereocenters. The highest BCUT2D eigenvalue weighted by molar-refractivity contribution is 9.10. The van der Waals surface area contributed by atoms with Crippen molar-refractivity contribution in [3.05, 3.63) is 69.7 Å². The van der Waals surface area contributed by atoms with E-state index >= 15 is 0 Å². The Balaban J connectivity index is 1.96. The molecule has 0 radical (unpaired) electrons. The van der Waals surface area contributed by atoms with E-state index in [9.17, 15) is 4.79 Å². The van der Waals surface area contributed by atoms with E-state index in [1.54, 1.807) is 0 Å². The van der Waals surface area contributed by atoms with E-state index in [0.29, 0.717) is 6.42 Å². The van der Waals surface area contributed by atoms with E-state index in [-0.39, 0.29) is 5.78 Å². The summed E-state index contributed by atoms with van der Waals surface area (Å²) in [5, 5.41) is 0. The Labute approximate surface area is 116 Å². The van der Waals surface area contributed by atoms with Crippen LogP contribution in [0.3, 0.4) is 0 Å². The van der Waals surface area contributed by atoms with Crippen molar-refractivity contribution in [2.24, 2.45) is 0 Å². The van der Waals surface area contributed by atoms with Gasteiger partial charge in [-0.25, -0.2) is 0 Å². The van der Waals surface area contributed by atoms with Crippen molar-refractivity contribution in [1.29, 1.82) is 0 Å². The Morgan fingerprint density at radius 3 is 2.22 bits per heavy atom. The van der Waals surface area contributed by atoms with Crippen LogP contribution in [0.1, 0.15) is 27.9 Å². The van der Waals surface area contributed by atoms with E-state index in [2.05, 4.69) is 15.9 Å². The van der Waals surface area contributed by atoms with Crippen LogP contribution >= 0.6 is 15.9 Å². The number of carbonyl (C=O) groups excluding carboxylic acids is 1. The second-order valence-corrected chi connectivity index (χ2v) is 5.33. The van der Waals surface area contributed by atoms with Crippen LogP contribution in [0.4, 0.5) is 0 Å². The molecule has 2 aromatic rings. The summed E-state index contributed by atoms with van der Waals surface area (Å²) in [4.78, 5) is 12.0. The SMILES string of the molecule is Cc1ccc(C(=O)CCc2ccc(Br)cc2)cc1. The molecule has 2 heteroatoms. The number of Topliss-reactive ketones (excluding diaryl/α,β-unsaturated/α-hetero) is 1. The molecule has 18 heavy (non-hydrogen) atoms. The van der Waals surface area contributed by atoms with Gasteiger partial charge in [-0.15, -0.1) is 0 Å². The van der Waals surface area contributed by atoms with Gasteiger partial charge in [0.15, 0.2) is 5.78 Å². The molecule has 0 aliphatic carbocycles. The van der Waals surface area contributed by atoms with E-state index < -0.39 is 0 Å². The van der Waals surface area contributed by atoms with Gasteiger partial charge in [0.2, 0.25) is 0 Å². The molecule has 0 saturated heterocycles. The molecule has 2 aromatic carbocycles. The molecule has 0 amide bonds. The Bertz CT molecular complexity index is 526. The van der Waals surface area contributed by atoms with E-state index in [1.165, 1.54) is 11.1 Å². The van der Waals surface area contributed by atoms with Gasteiger partial charge < -0.3 is 0 Å². The number of halogens is 1. The minimum Gasteiger partial charge on any atom is -0.294 e. The zero-order valence-corrected chi connectivity index (χ0v) is 11.9. The zero-order valence-electron chi connectivity index (χ0n) is 10.3. The highest BCUT2D eigenvalue weighted by atomic mass is 79.9. The predicted octanol–water partition coefficient (Wildman–Crippen LogP) is 4.57. The molecule has 0 aliphatic heterocycles. The molecule has 2 rings (SSSR count). The number of hydrogen-bond acceptors (Lipinski definition) is 1. The Hall–Kier alpha value is -1.41. The van der Waals surface area contributed by atoms with Crippen molar-refractivity contribution in [3.8, 4) is 0 Å². The van der Waals surface area contributed by atoms with Gasteiger partial charge in [-0.1, -0.05) is 57.9 Å². The van der Waals surface area contributed by atoms with E-state index in [0.717, 1.165) is 16.5 Å². The van der Waals surface area contributed by atoms with E-state index in [4.69, 9.17) is 0 Å². The summed E-state index contributed by atoms with van der Waals surface area (Å²) < 4.78 is 1.07. The summed E-state index contributed by atoms with van der Waals surface area (Å²) in [7, 11) is 0. The summed E-state index contributed by atoms with van der Waals surface area (Å²) in [6.45, 7) is 2.02. The van der Waals surface area contributed by atoms with Gasteiger partial charge in [-0.05, 0) is 31.0 Å². The lowest BCUT2D eigenvalue weighted by molar-refractivity contribution is 0.0983. The Morgan fingerprint density at radius 2 is 1.61 bits per heavy atom. The second-order valence-electron chi connectivity index (χ2n) is 4.42. The first-order valence-corrected chi connectivity index (χ1v) is 6.79. The van der Waals surface area contributed by atoms with Crippen molar-refractivity contribution >= 4 is 21.7 Å². The van der Waals surface area contributed by atoms with Crippen molar-refractivity contribution in [1.82, 2.24) is 0 Å². The minimum absolute atomic E-state index is 0.206. The van der Waals surface area contributed by atoms with Gasteiger partial charge in [-0.3, -0.25) is 4.79 Å². The predicted molar refractivity (Wildman–Crippen MR) is 78.0 cm³/mol. The Morgan fingerprint density at radius 1 is 1.00 bits per heavy atom. The summed E-state index contributed by atoms with van der Waals surface area (Å²) in [5.74, 6) is 0.206. The lowest BCUT2D eigenvalue weighted by atomic mass is 10.0. The number of rotatable bonds is 4. The van der Waals surface area contributed by atoms with Crippen molar-refractivity contribution < 1.29 is 4.79 Å². The molecule has 0 aliphatic rings. The van der Waals surface area contributed by atoms with Crippen LogP contribution in [0.5, 0.6) is 0 Å². The van der Waals surface area contributed by atoms with Gasteiger partial charge in [0.25, 0.3) is 0 Å². The first-order chi connectivity index (χ1) is 8.65. The van der Waals surface area contributed by atoms with Gasteiger partial charge in [-0.2, -0.15) is 0 Å². The second kappa shape index (κ2) is 5.96. The average Bonchev–Trinajstić information content (AvgIpc) is 2.38. The molecule has 0 atom stereocenters. The lowest BCUT2D eigenvalue weighted by Crippen LogP contribution is -2.01. The number of carbonyl (C=O) groups is 1. The third-order valence-electron chi connectivity index (χ3n) is 2.93. The third kappa shape index (κ3) is 3.54. The van der Waals surface area contributed by atoms with Crippen molar-refractivity contribution in [3.63, 3.8) is 0 Å². The molecule has 0 fully saturated rings. The number of hydrogen-bond donors (Lipinski definition) is 0. The topological polar surface area (TPSA) is 17.1 Å². The minimum atomic E-state index is 0.206. The summed E-state index contributed by atoms with van der Waals surface area (Å²) in [6.07, 6.45) is 1.35. The summed E-state index contributed by atoms with van der Waals surface area (Å²) >= 11 is 3.40. The highest BCUT2D eigenvalue weighted by Crippen LogP contribution is 2.13. The van der Waals surface area contributed by atoms with Crippen molar-refractivity contribution in [2.75, 3.05) is 0 Å². The van der Waals surface area contributed by atoms with Crippen LogP contribution in [0.15, 0.2) is 53.0 Å². The normalized spacial score (nSPS) is 10.3. The molecule has 1 nitrogen and oxygen atoms in total. The largest absolute Gasteiger partial charge is 0.294 e. The van der Waals surface area contributed by atoms with Gasteiger partial charge >= 0.3 is 0 Å². The van der Waals surface area contributed by atoms with Crippen molar-refractivity contribution in [2.45, 2.75) is 19.8 Å². The molecular formula is C16H15BrO. The van der Waals surface area contributed by atoms with Crippen LogP contribution in [-0.2, 0) is 6.42 Å². The maximum atomic E-state index is 12.0. The third-order valence-corrected chi connectivity index (χ3v) is 3.46. The number of benzene rings is 2. The monoisotopic (exact) mass is 302 g/mol. The molecule has 0 saturated carbocycles. The fourth-order valence-electron chi connectivity index (χ4n) is 1.79. The first kappa shape index (κ1) is 13.0. The number of aryl methyl sites for hydroxylation is 2. The fourth-order valence-corrected chi connectivity index (χ4v) is 2.06. The molecular weight excluding hydrogens is 288 g/mol. The molecule has 0 bridgehead atoms. The van der Waals surface area contributed by atoms with Gasteiger partial charge in [0.1, 0.15) is 0 Å². The standard InChI is InChI=1S/C16H15BrO/c1-12-2-7-14(8-3-12)16(18)11-6-13-4-9-15(17)10-5-13/h2-5,7-10H,6,11H2,1H3. The quantitative estimate of drug-likeness (QED) is 0.756. The number of ketones is 1. The van der Waals surface area contributed by atoms with Crippen LogP contribution in [0, 0.1) is 6.92 Å². The van der Waals surface area contributed by atoms with Crippen LogP contribution < -0.4 is 0 Å². The fraction of sp³-hybridized carbons (Fsp3) is 0.188. The van der Waals surface area contributed by atoms with Crippen LogP contribution in [0.2, 0.25) is 0 Å². The smallest absolute Gasteiger partial charge is 0.163 e. The van der Waals surface area contributed by atoms with Gasteiger partial charge in [0.05, 0.1) is 0 Å². The molecule has 0 spiro atoms. The van der Waals surface area contributed by atoms with Crippen LogP contribution in [-0.4, -0.2) is 5.78 Å². The molecule has 0 heterocycles. The highest BCUT2D eigenvalue weighted by Gasteiger charge is 2.05. The molecule has 92 valence electrons. The molecule has 0 aromatic heterocycles. The van der Waals surface area contributed by atoms with Crippen LogP contribution in [0.25, 0.3) is 0 Å². The average molecular weight is 303 g/mol. The summed E-state index contributed by atoms with van der Waals surface area (Å²) in [5.41, 5.74) is 3.18. The zero-order chi connectivity index (χ0) is 13.0. The first-order valence-electron chi connectivity index (χ1n) is 5.99. The summed E-state index contributed by atoms with van der Waals surface area (Å²) in [6, 6.07) is 15.9. The Kier molecular flexibility index (Phi) is 4.32. The van der Waals surface area contributed by atoms with Gasteiger partial charge in [0, 0.05) is 16.5 Å².